The summed E-state index contributed by atoms with van der Waals surface area (Å²) in [5.74, 6) is 0.708. The second-order valence-corrected chi connectivity index (χ2v) is 5.15. The van der Waals surface area contributed by atoms with Gasteiger partial charge in [0.1, 0.15) is 4.34 Å². The van der Waals surface area contributed by atoms with E-state index in [1.54, 1.807) is 23.1 Å². The van der Waals surface area contributed by atoms with Crippen molar-refractivity contribution in [2.45, 2.75) is 24.3 Å². The lowest BCUT2D eigenvalue weighted by Crippen LogP contribution is -2.28. The fourth-order valence-electron chi connectivity index (χ4n) is 0.936. The van der Waals surface area contributed by atoms with Crippen LogP contribution in [-0.4, -0.2) is 35.0 Å². The molecule has 0 fully saturated rings. The molecule has 0 saturated carbocycles. The molecule has 0 bridgehead atoms. The maximum absolute atomic E-state index is 9.54. The third kappa shape index (κ3) is 4.41. The van der Waals surface area contributed by atoms with E-state index < -0.39 is 0 Å². The molecule has 0 aliphatic heterocycles. The molecule has 0 spiro atoms. The number of aromatic nitrogens is 1. The van der Waals surface area contributed by atoms with E-state index in [0.29, 0.717) is 12.3 Å². The van der Waals surface area contributed by atoms with Gasteiger partial charge in [-0.2, -0.15) is 0 Å². The van der Waals surface area contributed by atoms with Crippen LogP contribution in [0.2, 0.25) is 0 Å². The number of hydrogen-bond donors (Lipinski definition) is 2. The summed E-state index contributed by atoms with van der Waals surface area (Å²) in [7, 11) is 0. The van der Waals surface area contributed by atoms with Crippen LogP contribution in [0.15, 0.2) is 9.72 Å². The van der Waals surface area contributed by atoms with Crippen molar-refractivity contribution < 1.29 is 5.11 Å². The van der Waals surface area contributed by atoms with Crippen molar-refractivity contribution in [1.29, 1.82) is 0 Å². The molecule has 14 heavy (non-hydrogen) atoms. The molecule has 0 saturated heterocycles. The molecule has 1 atom stereocenters. The molecule has 5 heteroatoms. The van der Waals surface area contributed by atoms with Gasteiger partial charge in [-0.05, 0) is 13.5 Å². The predicted octanol–water partition coefficient (Wildman–Crippen LogP) is 1.51. The predicted molar refractivity (Wildman–Crippen MR) is 62.1 cm³/mol. The smallest absolute Gasteiger partial charge is 0.150 e. The number of aryl methyl sites for hydroxylation is 1. The van der Waals surface area contributed by atoms with Crippen LogP contribution in [0.4, 0.5) is 0 Å². The van der Waals surface area contributed by atoms with Crippen LogP contribution in [0, 0.1) is 6.92 Å². The highest BCUT2D eigenvalue weighted by Crippen LogP contribution is 2.22. The summed E-state index contributed by atoms with van der Waals surface area (Å²) in [6.07, 6.45) is -0.288. The van der Waals surface area contributed by atoms with Gasteiger partial charge in [-0.1, -0.05) is 18.7 Å². The fraction of sp³-hybridized carbons (Fsp3) is 0.667. The van der Waals surface area contributed by atoms with Gasteiger partial charge in [-0.25, -0.2) is 4.98 Å². The Morgan fingerprint density at radius 2 is 2.50 bits per heavy atom. The average Bonchev–Trinajstić information content (AvgIpc) is 2.58. The molecule has 1 heterocycles. The molecule has 0 aliphatic carbocycles. The Morgan fingerprint density at radius 1 is 1.71 bits per heavy atom. The standard InChI is InChI=1S/C9H16N2OS2/c1-3-10-4-8(12)6-14-9-11-7(2)5-13-9/h5,8,10,12H,3-4,6H2,1-2H3. The summed E-state index contributed by atoms with van der Waals surface area (Å²) in [6, 6.07) is 0. The Labute approximate surface area is 92.9 Å². The Hall–Kier alpha value is -0.100. The number of nitrogens with one attached hydrogen (secondary N) is 1. The SMILES string of the molecule is CCNCC(O)CSc1nc(C)cs1. The number of rotatable bonds is 6. The summed E-state index contributed by atoms with van der Waals surface area (Å²) < 4.78 is 1.04. The van der Waals surface area contributed by atoms with Gasteiger partial charge in [0.15, 0.2) is 0 Å². The number of hydrogen-bond acceptors (Lipinski definition) is 5. The molecular formula is C9H16N2OS2. The van der Waals surface area contributed by atoms with Crippen molar-refractivity contribution in [2.75, 3.05) is 18.8 Å². The zero-order valence-corrected chi connectivity index (χ0v) is 10.1. The van der Waals surface area contributed by atoms with Gasteiger partial charge >= 0.3 is 0 Å². The first-order valence-electron chi connectivity index (χ1n) is 4.66. The molecule has 0 aromatic carbocycles. The summed E-state index contributed by atoms with van der Waals surface area (Å²) in [5.41, 5.74) is 1.05. The zero-order valence-electron chi connectivity index (χ0n) is 8.49. The quantitative estimate of drug-likeness (QED) is 0.730. The second-order valence-electron chi connectivity index (χ2n) is 3.03. The van der Waals surface area contributed by atoms with Crippen LogP contribution in [0.3, 0.4) is 0 Å². The molecule has 0 radical (unpaired) electrons. The van der Waals surface area contributed by atoms with Crippen LogP contribution < -0.4 is 5.32 Å². The number of likely N-dealkylation sites (N-methyl/N-ethyl adjacent to an activating group) is 1. The van der Waals surface area contributed by atoms with E-state index >= 15 is 0 Å². The lowest BCUT2D eigenvalue weighted by atomic mass is 10.4. The molecular weight excluding hydrogens is 216 g/mol. The van der Waals surface area contributed by atoms with Gasteiger partial charge in [0.2, 0.25) is 0 Å². The number of thioether (sulfide) groups is 1. The lowest BCUT2D eigenvalue weighted by molar-refractivity contribution is 0.197. The van der Waals surface area contributed by atoms with E-state index in [4.69, 9.17) is 0 Å². The van der Waals surface area contributed by atoms with Crippen LogP contribution in [-0.2, 0) is 0 Å². The third-order valence-electron chi connectivity index (χ3n) is 1.63. The summed E-state index contributed by atoms with van der Waals surface area (Å²) in [6.45, 7) is 5.58. The van der Waals surface area contributed by atoms with Crippen molar-refractivity contribution in [1.82, 2.24) is 10.3 Å². The molecule has 1 aromatic rings. The fourth-order valence-corrected chi connectivity index (χ4v) is 2.74. The van der Waals surface area contributed by atoms with Gasteiger partial charge in [-0.15, -0.1) is 11.3 Å². The maximum Gasteiger partial charge on any atom is 0.150 e. The number of thiazole rings is 1. The first kappa shape index (κ1) is 12.0. The van der Waals surface area contributed by atoms with Crippen molar-refractivity contribution in [3.8, 4) is 0 Å². The monoisotopic (exact) mass is 232 g/mol. The molecule has 0 aliphatic rings. The number of nitrogens with zero attached hydrogens (tertiary/aromatic N) is 1. The average molecular weight is 232 g/mol. The van der Waals surface area contributed by atoms with Gasteiger partial charge < -0.3 is 10.4 Å². The molecule has 80 valence electrons. The van der Waals surface area contributed by atoms with E-state index in [0.717, 1.165) is 16.6 Å². The largest absolute Gasteiger partial charge is 0.391 e. The zero-order chi connectivity index (χ0) is 10.4. The Kier molecular flexibility index (Phi) is 5.47. The van der Waals surface area contributed by atoms with E-state index in [1.807, 2.05) is 19.2 Å². The van der Waals surface area contributed by atoms with E-state index in [-0.39, 0.29) is 6.10 Å². The van der Waals surface area contributed by atoms with E-state index in [2.05, 4.69) is 10.3 Å². The Morgan fingerprint density at radius 3 is 3.07 bits per heavy atom. The Balaban J connectivity index is 2.20. The Bertz CT molecular complexity index is 265. The van der Waals surface area contributed by atoms with Crippen molar-refractivity contribution >= 4 is 23.1 Å². The highest BCUT2D eigenvalue weighted by molar-refractivity contribution is 8.01. The molecule has 2 N–H and O–H groups in total. The summed E-state index contributed by atoms with van der Waals surface area (Å²) in [5, 5.41) is 14.7. The minimum atomic E-state index is -0.288. The number of aliphatic hydroxyl groups is 1. The number of aliphatic hydroxyl groups excluding tert-OH is 1. The first-order valence-corrected chi connectivity index (χ1v) is 6.52. The van der Waals surface area contributed by atoms with Gasteiger partial charge in [0.05, 0.1) is 6.10 Å². The van der Waals surface area contributed by atoms with E-state index in [1.165, 1.54) is 0 Å². The lowest BCUT2D eigenvalue weighted by Gasteiger charge is -2.08. The minimum Gasteiger partial charge on any atom is -0.391 e. The van der Waals surface area contributed by atoms with Crippen molar-refractivity contribution in [2.24, 2.45) is 0 Å². The maximum atomic E-state index is 9.54. The minimum absolute atomic E-state index is 0.288. The molecule has 3 nitrogen and oxygen atoms in total. The first-order chi connectivity index (χ1) is 6.72. The highest BCUT2D eigenvalue weighted by Gasteiger charge is 2.05. The molecule has 1 rings (SSSR count). The van der Waals surface area contributed by atoms with Crippen LogP contribution in [0.5, 0.6) is 0 Å². The molecule has 0 amide bonds. The highest BCUT2D eigenvalue weighted by atomic mass is 32.2. The van der Waals surface area contributed by atoms with Crippen LogP contribution in [0.1, 0.15) is 12.6 Å². The van der Waals surface area contributed by atoms with Crippen LogP contribution >= 0.6 is 23.1 Å². The normalized spacial score (nSPS) is 13.1. The van der Waals surface area contributed by atoms with E-state index in [9.17, 15) is 5.11 Å². The molecule has 1 aromatic heterocycles. The van der Waals surface area contributed by atoms with Crippen molar-refractivity contribution in [3.63, 3.8) is 0 Å². The van der Waals surface area contributed by atoms with Gasteiger partial charge in [0.25, 0.3) is 0 Å². The van der Waals surface area contributed by atoms with Gasteiger partial charge in [-0.3, -0.25) is 0 Å². The summed E-state index contributed by atoms with van der Waals surface area (Å²) >= 11 is 3.25. The van der Waals surface area contributed by atoms with Crippen LogP contribution in [0.25, 0.3) is 0 Å². The van der Waals surface area contributed by atoms with Gasteiger partial charge in [0, 0.05) is 23.4 Å². The topological polar surface area (TPSA) is 45.1 Å². The van der Waals surface area contributed by atoms with Crippen molar-refractivity contribution in [3.05, 3.63) is 11.1 Å². The summed E-state index contributed by atoms with van der Waals surface area (Å²) in [4.78, 5) is 4.31. The third-order valence-corrected chi connectivity index (χ3v) is 3.91. The molecule has 1 unspecified atom stereocenters. The second kappa shape index (κ2) is 6.40.